The van der Waals surface area contributed by atoms with Crippen molar-refractivity contribution in [2.75, 3.05) is 26.2 Å². The van der Waals surface area contributed by atoms with E-state index >= 15 is 0 Å². The molecule has 98 valence electrons. The van der Waals surface area contributed by atoms with Crippen molar-refractivity contribution in [3.05, 3.63) is 22.4 Å². The molecule has 1 unspecified atom stereocenters. The first-order chi connectivity index (χ1) is 8.31. The first-order valence-corrected chi connectivity index (χ1v) is 7.73. The van der Waals surface area contributed by atoms with Crippen molar-refractivity contribution in [2.45, 2.75) is 39.7 Å². The van der Waals surface area contributed by atoms with Crippen LogP contribution in [0, 0.1) is 0 Å². The number of nitrogens with one attached hydrogen (secondary N) is 1. The van der Waals surface area contributed by atoms with Crippen LogP contribution in [0.3, 0.4) is 0 Å². The topological polar surface area (TPSA) is 15.3 Å². The zero-order valence-corrected chi connectivity index (χ0v) is 12.2. The van der Waals surface area contributed by atoms with E-state index in [0.29, 0.717) is 6.04 Å². The molecular weight excluding hydrogens is 228 g/mol. The molecule has 0 radical (unpaired) electrons. The van der Waals surface area contributed by atoms with Crippen LogP contribution < -0.4 is 5.32 Å². The van der Waals surface area contributed by atoms with Crippen molar-refractivity contribution >= 4 is 11.3 Å². The Kier molecular flexibility index (Phi) is 7.49. The molecule has 1 aromatic heterocycles. The Morgan fingerprint density at radius 2 is 2.06 bits per heavy atom. The predicted molar refractivity (Wildman–Crippen MR) is 77.8 cm³/mol. The van der Waals surface area contributed by atoms with Gasteiger partial charge in [-0.05, 0) is 61.4 Å². The molecule has 0 aliphatic carbocycles. The SMILES string of the molecule is CCCNC(CCN(CC)CC)c1ccsc1. The maximum absolute atomic E-state index is 3.66. The molecule has 0 bridgehead atoms. The Morgan fingerprint density at radius 3 is 2.59 bits per heavy atom. The summed E-state index contributed by atoms with van der Waals surface area (Å²) in [6.45, 7) is 11.3. The van der Waals surface area contributed by atoms with Crippen LogP contribution in [0.15, 0.2) is 16.8 Å². The first kappa shape index (κ1) is 14.7. The number of hydrogen-bond donors (Lipinski definition) is 1. The molecule has 0 saturated carbocycles. The average molecular weight is 254 g/mol. The van der Waals surface area contributed by atoms with Crippen molar-refractivity contribution in [2.24, 2.45) is 0 Å². The Bertz CT molecular complexity index is 268. The van der Waals surface area contributed by atoms with Crippen LogP contribution in [0.5, 0.6) is 0 Å². The van der Waals surface area contributed by atoms with Crippen LogP contribution in [0.4, 0.5) is 0 Å². The molecule has 0 amide bonds. The van der Waals surface area contributed by atoms with Gasteiger partial charge in [-0.2, -0.15) is 11.3 Å². The lowest BCUT2D eigenvalue weighted by atomic mass is 10.1. The number of nitrogens with zero attached hydrogens (tertiary/aromatic N) is 1. The van der Waals surface area contributed by atoms with E-state index in [1.165, 1.54) is 24.9 Å². The van der Waals surface area contributed by atoms with Gasteiger partial charge in [-0.15, -0.1) is 0 Å². The van der Waals surface area contributed by atoms with Crippen LogP contribution in [0.1, 0.15) is 45.2 Å². The Morgan fingerprint density at radius 1 is 1.29 bits per heavy atom. The molecule has 0 saturated heterocycles. The third kappa shape index (κ3) is 5.19. The van der Waals surface area contributed by atoms with Crippen LogP contribution in [-0.2, 0) is 0 Å². The van der Waals surface area contributed by atoms with Crippen LogP contribution in [0.25, 0.3) is 0 Å². The summed E-state index contributed by atoms with van der Waals surface area (Å²) in [6, 6.07) is 2.78. The van der Waals surface area contributed by atoms with Gasteiger partial charge in [0.05, 0.1) is 0 Å². The van der Waals surface area contributed by atoms with Gasteiger partial charge < -0.3 is 10.2 Å². The molecule has 3 heteroatoms. The van der Waals surface area contributed by atoms with Crippen molar-refractivity contribution < 1.29 is 0 Å². The third-order valence-corrected chi connectivity index (χ3v) is 3.92. The molecule has 0 aromatic carbocycles. The molecule has 0 fully saturated rings. The summed E-state index contributed by atoms with van der Waals surface area (Å²) in [7, 11) is 0. The second kappa shape index (κ2) is 8.67. The molecule has 2 nitrogen and oxygen atoms in total. The van der Waals surface area contributed by atoms with Gasteiger partial charge >= 0.3 is 0 Å². The van der Waals surface area contributed by atoms with E-state index in [1.54, 1.807) is 11.3 Å². The average Bonchev–Trinajstić information content (AvgIpc) is 2.87. The summed E-state index contributed by atoms with van der Waals surface area (Å²) < 4.78 is 0. The van der Waals surface area contributed by atoms with Crippen LogP contribution in [-0.4, -0.2) is 31.1 Å². The van der Waals surface area contributed by atoms with Gasteiger partial charge in [0.2, 0.25) is 0 Å². The molecule has 17 heavy (non-hydrogen) atoms. The van der Waals surface area contributed by atoms with Gasteiger partial charge in [-0.25, -0.2) is 0 Å². The minimum atomic E-state index is 0.529. The van der Waals surface area contributed by atoms with Crippen LogP contribution >= 0.6 is 11.3 Å². The van der Waals surface area contributed by atoms with E-state index in [4.69, 9.17) is 0 Å². The normalized spacial score (nSPS) is 13.2. The van der Waals surface area contributed by atoms with E-state index < -0.39 is 0 Å². The summed E-state index contributed by atoms with van der Waals surface area (Å²) in [5, 5.41) is 8.10. The molecule has 0 aliphatic heterocycles. The van der Waals surface area contributed by atoms with Gasteiger partial charge in [0.1, 0.15) is 0 Å². The lowest BCUT2D eigenvalue weighted by Crippen LogP contribution is -2.29. The fraction of sp³-hybridized carbons (Fsp3) is 0.714. The fourth-order valence-corrected chi connectivity index (χ4v) is 2.74. The lowest BCUT2D eigenvalue weighted by Gasteiger charge is -2.23. The van der Waals surface area contributed by atoms with Gasteiger partial charge in [-0.1, -0.05) is 20.8 Å². The van der Waals surface area contributed by atoms with Crippen molar-refractivity contribution in [3.63, 3.8) is 0 Å². The van der Waals surface area contributed by atoms with Gasteiger partial charge in [0.15, 0.2) is 0 Å². The minimum absolute atomic E-state index is 0.529. The Balaban J connectivity index is 2.46. The zero-order valence-electron chi connectivity index (χ0n) is 11.4. The summed E-state index contributed by atoms with van der Waals surface area (Å²) in [5.74, 6) is 0. The maximum atomic E-state index is 3.66. The highest BCUT2D eigenvalue weighted by molar-refractivity contribution is 7.07. The number of rotatable bonds is 9. The Labute approximate surface area is 110 Å². The molecule has 1 heterocycles. The minimum Gasteiger partial charge on any atom is -0.310 e. The zero-order chi connectivity index (χ0) is 12.5. The molecule has 1 atom stereocenters. The predicted octanol–water partition coefficient (Wildman–Crippen LogP) is 3.52. The van der Waals surface area contributed by atoms with E-state index in [2.05, 4.69) is 47.8 Å². The van der Waals surface area contributed by atoms with E-state index in [1.807, 2.05) is 0 Å². The van der Waals surface area contributed by atoms with Crippen molar-refractivity contribution in [1.82, 2.24) is 10.2 Å². The fourth-order valence-electron chi connectivity index (χ4n) is 2.03. The van der Waals surface area contributed by atoms with Gasteiger partial charge in [0, 0.05) is 6.04 Å². The second-order valence-corrected chi connectivity index (χ2v) is 5.16. The van der Waals surface area contributed by atoms with E-state index in [-0.39, 0.29) is 0 Å². The summed E-state index contributed by atoms with van der Waals surface area (Å²) >= 11 is 1.79. The molecule has 1 N–H and O–H groups in total. The smallest absolute Gasteiger partial charge is 0.0340 e. The quantitative estimate of drug-likeness (QED) is 0.725. The molecule has 1 rings (SSSR count). The largest absolute Gasteiger partial charge is 0.310 e. The van der Waals surface area contributed by atoms with E-state index in [9.17, 15) is 0 Å². The first-order valence-electron chi connectivity index (χ1n) is 6.79. The number of thiophene rings is 1. The summed E-state index contributed by atoms with van der Waals surface area (Å²) in [4.78, 5) is 2.49. The summed E-state index contributed by atoms with van der Waals surface area (Å²) in [5.41, 5.74) is 1.45. The Hall–Kier alpha value is -0.380. The highest BCUT2D eigenvalue weighted by atomic mass is 32.1. The van der Waals surface area contributed by atoms with Gasteiger partial charge in [0.25, 0.3) is 0 Å². The molecule has 1 aromatic rings. The van der Waals surface area contributed by atoms with Crippen molar-refractivity contribution in [3.8, 4) is 0 Å². The van der Waals surface area contributed by atoms with E-state index in [0.717, 1.165) is 19.6 Å². The molecular formula is C14H26N2S. The summed E-state index contributed by atoms with van der Waals surface area (Å²) in [6.07, 6.45) is 2.41. The van der Waals surface area contributed by atoms with Crippen molar-refractivity contribution in [1.29, 1.82) is 0 Å². The third-order valence-electron chi connectivity index (χ3n) is 3.21. The maximum Gasteiger partial charge on any atom is 0.0340 e. The molecule has 0 aliphatic rings. The van der Waals surface area contributed by atoms with Gasteiger partial charge in [-0.3, -0.25) is 0 Å². The second-order valence-electron chi connectivity index (χ2n) is 4.38. The highest BCUT2D eigenvalue weighted by Crippen LogP contribution is 2.20. The molecule has 0 spiro atoms. The highest BCUT2D eigenvalue weighted by Gasteiger charge is 2.12. The van der Waals surface area contributed by atoms with Crippen LogP contribution in [0.2, 0.25) is 0 Å². The standard InChI is InChI=1S/C14H26N2S/c1-4-9-15-14(13-8-11-17-12-13)7-10-16(5-2)6-3/h8,11-12,14-15H,4-7,9-10H2,1-3H3. The monoisotopic (exact) mass is 254 g/mol. The lowest BCUT2D eigenvalue weighted by molar-refractivity contribution is 0.282. The number of hydrogen-bond acceptors (Lipinski definition) is 3.